The van der Waals surface area contributed by atoms with Crippen LogP contribution in [0.3, 0.4) is 0 Å². The predicted molar refractivity (Wildman–Crippen MR) is 51.0 cm³/mol. The van der Waals surface area contributed by atoms with Crippen LogP contribution in [-0.4, -0.2) is 44.2 Å². The van der Waals surface area contributed by atoms with E-state index >= 15 is 0 Å². The second-order valence-corrected chi connectivity index (χ2v) is 3.42. The first kappa shape index (κ1) is 10.3. The summed E-state index contributed by atoms with van der Waals surface area (Å²) in [5, 5.41) is 3.62. The molecule has 0 N–H and O–H groups in total. The molecular formula is C9H11N3O3. The molecule has 2 aliphatic heterocycles. The molecule has 6 nitrogen and oxygen atoms in total. The van der Waals surface area contributed by atoms with E-state index in [1.54, 1.807) is 0 Å². The van der Waals surface area contributed by atoms with E-state index in [4.69, 9.17) is 26.2 Å². The lowest BCUT2D eigenvalue weighted by Gasteiger charge is -2.14. The van der Waals surface area contributed by atoms with Crippen molar-refractivity contribution in [3.8, 4) is 12.3 Å². The van der Waals surface area contributed by atoms with Crippen LogP contribution in [0.15, 0.2) is 5.11 Å². The molecule has 6 heteroatoms. The SMILES string of the molecule is C#CCO[C@H]1COC2C1OC[C@H]2N=[N+]=[N-]. The highest BCUT2D eigenvalue weighted by Gasteiger charge is 2.47. The summed E-state index contributed by atoms with van der Waals surface area (Å²) < 4.78 is 16.3. The highest BCUT2D eigenvalue weighted by atomic mass is 16.6. The van der Waals surface area contributed by atoms with E-state index in [-0.39, 0.29) is 31.0 Å². The van der Waals surface area contributed by atoms with Crippen LogP contribution in [0, 0.1) is 12.3 Å². The van der Waals surface area contributed by atoms with Gasteiger partial charge in [-0.05, 0) is 5.53 Å². The molecule has 2 saturated heterocycles. The van der Waals surface area contributed by atoms with Gasteiger partial charge in [-0.2, -0.15) is 0 Å². The average Bonchev–Trinajstić information content (AvgIpc) is 2.79. The standard InChI is InChI=1S/C9H11N3O3/c1-2-3-13-7-5-15-8-6(11-12-10)4-14-9(7)8/h1,6-9H,3-5H2/t6-,7+,8?,9?/m1/s1. The highest BCUT2D eigenvalue weighted by Crippen LogP contribution is 2.30. The zero-order valence-electron chi connectivity index (χ0n) is 8.07. The Morgan fingerprint density at radius 1 is 1.47 bits per heavy atom. The van der Waals surface area contributed by atoms with Crippen molar-refractivity contribution < 1.29 is 14.2 Å². The quantitative estimate of drug-likeness (QED) is 0.293. The summed E-state index contributed by atoms with van der Waals surface area (Å²) in [6, 6.07) is -0.251. The van der Waals surface area contributed by atoms with Gasteiger partial charge in [0, 0.05) is 4.91 Å². The molecule has 0 aliphatic carbocycles. The van der Waals surface area contributed by atoms with Crippen molar-refractivity contribution in [3.63, 3.8) is 0 Å². The largest absolute Gasteiger partial charge is 0.372 e. The Hall–Kier alpha value is -1.25. The monoisotopic (exact) mass is 209 g/mol. The number of nitrogens with zero attached hydrogens (tertiary/aromatic N) is 3. The highest BCUT2D eigenvalue weighted by molar-refractivity contribution is 4.99. The van der Waals surface area contributed by atoms with Crippen LogP contribution >= 0.6 is 0 Å². The van der Waals surface area contributed by atoms with Gasteiger partial charge >= 0.3 is 0 Å². The minimum Gasteiger partial charge on any atom is -0.372 e. The van der Waals surface area contributed by atoms with Crippen molar-refractivity contribution in [2.75, 3.05) is 19.8 Å². The lowest BCUT2D eigenvalue weighted by molar-refractivity contribution is -0.0192. The van der Waals surface area contributed by atoms with E-state index < -0.39 is 0 Å². The summed E-state index contributed by atoms with van der Waals surface area (Å²) in [7, 11) is 0. The number of hydrogen-bond acceptors (Lipinski definition) is 4. The Labute approximate surface area is 87.1 Å². The molecule has 0 aromatic heterocycles. The van der Waals surface area contributed by atoms with Crippen molar-refractivity contribution in [2.45, 2.75) is 24.4 Å². The normalized spacial score (nSPS) is 38.1. The van der Waals surface area contributed by atoms with Crippen molar-refractivity contribution in [1.29, 1.82) is 0 Å². The van der Waals surface area contributed by atoms with Crippen LogP contribution in [-0.2, 0) is 14.2 Å². The van der Waals surface area contributed by atoms with Gasteiger partial charge in [0.2, 0.25) is 0 Å². The third kappa shape index (κ3) is 1.91. The molecule has 4 atom stereocenters. The molecule has 0 aromatic rings. The molecule has 80 valence electrons. The molecule has 0 aromatic carbocycles. The average molecular weight is 209 g/mol. The van der Waals surface area contributed by atoms with E-state index in [1.807, 2.05) is 0 Å². The molecule has 0 saturated carbocycles. The lowest BCUT2D eigenvalue weighted by atomic mass is 10.1. The third-order valence-electron chi connectivity index (χ3n) is 2.56. The number of ether oxygens (including phenoxy) is 3. The topological polar surface area (TPSA) is 76.5 Å². The van der Waals surface area contributed by atoms with Gasteiger partial charge in [0.25, 0.3) is 0 Å². The van der Waals surface area contributed by atoms with Gasteiger partial charge in [-0.3, -0.25) is 0 Å². The zero-order chi connectivity index (χ0) is 10.7. The molecule has 2 rings (SSSR count). The summed E-state index contributed by atoms with van der Waals surface area (Å²) in [6.45, 7) is 1.07. The maximum absolute atomic E-state index is 8.34. The van der Waals surface area contributed by atoms with Crippen LogP contribution in [0.1, 0.15) is 0 Å². The molecule has 0 bridgehead atoms. The van der Waals surface area contributed by atoms with Gasteiger partial charge in [-0.1, -0.05) is 11.0 Å². The van der Waals surface area contributed by atoms with Crippen LogP contribution in [0.4, 0.5) is 0 Å². The fourth-order valence-corrected chi connectivity index (χ4v) is 1.91. The Kier molecular flexibility index (Phi) is 3.09. The lowest BCUT2D eigenvalue weighted by Crippen LogP contribution is -2.32. The number of rotatable bonds is 3. The maximum atomic E-state index is 8.34. The summed E-state index contributed by atoms with van der Waals surface area (Å²) in [6.07, 6.45) is 4.60. The van der Waals surface area contributed by atoms with E-state index in [9.17, 15) is 0 Å². The Bertz CT molecular complexity index is 321. The van der Waals surface area contributed by atoms with Crippen molar-refractivity contribution in [3.05, 3.63) is 10.4 Å². The van der Waals surface area contributed by atoms with Crippen molar-refractivity contribution in [2.24, 2.45) is 5.11 Å². The fraction of sp³-hybridized carbons (Fsp3) is 0.778. The van der Waals surface area contributed by atoms with E-state index in [0.29, 0.717) is 13.2 Å². The second-order valence-electron chi connectivity index (χ2n) is 3.42. The molecule has 0 amide bonds. The Morgan fingerprint density at radius 2 is 2.27 bits per heavy atom. The summed E-state index contributed by atoms with van der Waals surface area (Å²) in [5.74, 6) is 2.40. The molecule has 2 heterocycles. The van der Waals surface area contributed by atoms with Gasteiger partial charge in [0.05, 0.1) is 25.4 Å². The molecule has 2 unspecified atom stereocenters. The number of hydrogen-bond donors (Lipinski definition) is 0. The summed E-state index contributed by atoms with van der Waals surface area (Å²) >= 11 is 0. The molecule has 2 fully saturated rings. The van der Waals surface area contributed by atoms with E-state index in [1.165, 1.54) is 0 Å². The van der Waals surface area contributed by atoms with E-state index in [2.05, 4.69) is 15.9 Å². The van der Waals surface area contributed by atoms with Crippen molar-refractivity contribution in [1.82, 2.24) is 0 Å². The summed E-state index contributed by atoms with van der Waals surface area (Å²) in [5.41, 5.74) is 8.34. The van der Waals surface area contributed by atoms with Gasteiger partial charge in [-0.25, -0.2) is 0 Å². The smallest absolute Gasteiger partial charge is 0.113 e. The predicted octanol–water partition coefficient (Wildman–Crippen LogP) is 0.481. The minimum absolute atomic E-state index is 0.148. The number of fused-ring (bicyclic) bond motifs is 1. The van der Waals surface area contributed by atoms with Gasteiger partial charge in [-0.15, -0.1) is 6.42 Å². The molecular weight excluding hydrogens is 198 g/mol. The van der Waals surface area contributed by atoms with Gasteiger partial charge < -0.3 is 14.2 Å². The molecule has 0 spiro atoms. The first-order valence-electron chi connectivity index (χ1n) is 4.69. The van der Waals surface area contributed by atoms with Crippen LogP contribution < -0.4 is 0 Å². The third-order valence-corrected chi connectivity index (χ3v) is 2.56. The molecule has 0 radical (unpaired) electrons. The van der Waals surface area contributed by atoms with Crippen LogP contribution in [0.5, 0.6) is 0 Å². The van der Waals surface area contributed by atoms with Crippen LogP contribution in [0.2, 0.25) is 0 Å². The van der Waals surface area contributed by atoms with Gasteiger partial charge in [0.15, 0.2) is 0 Å². The van der Waals surface area contributed by atoms with Crippen LogP contribution in [0.25, 0.3) is 10.4 Å². The van der Waals surface area contributed by atoms with E-state index in [0.717, 1.165) is 0 Å². The minimum atomic E-state index is -0.251. The molecule has 15 heavy (non-hydrogen) atoms. The summed E-state index contributed by atoms with van der Waals surface area (Å²) in [4.78, 5) is 2.76. The van der Waals surface area contributed by atoms with Gasteiger partial charge in [0.1, 0.15) is 18.8 Å². The Morgan fingerprint density at radius 3 is 3.00 bits per heavy atom. The second kappa shape index (κ2) is 4.51. The molecule has 2 aliphatic rings. The van der Waals surface area contributed by atoms with Crippen molar-refractivity contribution >= 4 is 0 Å². The number of terminal acetylenes is 1. The first-order chi connectivity index (χ1) is 7.36. The first-order valence-corrected chi connectivity index (χ1v) is 4.69. The maximum Gasteiger partial charge on any atom is 0.113 e. The zero-order valence-corrected chi connectivity index (χ0v) is 8.07. The fourth-order valence-electron chi connectivity index (χ4n) is 1.91. The number of azide groups is 1. The Balaban J connectivity index is 1.96.